The van der Waals surface area contributed by atoms with Crippen molar-refractivity contribution in [1.29, 1.82) is 0 Å². The van der Waals surface area contributed by atoms with Gasteiger partial charge in [-0.05, 0) is 38.0 Å². The van der Waals surface area contributed by atoms with Gasteiger partial charge in [-0.3, -0.25) is 9.78 Å². The van der Waals surface area contributed by atoms with Gasteiger partial charge in [-0.2, -0.15) is 0 Å². The fraction of sp³-hybridized carbons (Fsp3) is 0.250. The van der Waals surface area contributed by atoms with Crippen molar-refractivity contribution >= 4 is 5.78 Å². The molecule has 3 rings (SSSR count). The summed E-state index contributed by atoms with van der Waals surface area (Å²) in [5, 5.41) is 0. The second-order valence-electron chi connectivity index (χ2n) is 4.84. The maximum Gasteiger partial charge on any atom is 0.164 e. The van der Waals surface area contributed by atoms with Crippen LogP contribution in [0.4, 0.5) is 0 Å². The number of ketones is 1. The van der Waals surface area contributed by atoms with Gasteiger partial charge >= 0.3 is 0 Å². The average molecular weight is 237 g/mol. The number of fused-ring (bicyclic) bond motifs is 1. The van der Waals surface area contributed by atoms with E-state index in [-0.39, 0.29) is 5.78 Å². The topological polar surface area (TPSA) is 30.0 Å². The number of hydrogen-bond donors (Lipinski definition) is 0. The number of hydrogen-bond acceptors (Lipinski definition) is 2. The van der Waals surface area contributed by atoms with Crippen LogP contribution in [0.3, 0.4) is 0 Å². The fourth-order valence-electron chi connectivity index (χ4n) is 2.46. The Labute approximate surface area is 107 Å². The maximum atomic E-state index is 11.7. The van der Waals surface area contributed by atoms with Crippen LogP contribution in [0.15, 0.2) is 36.4 Å². The van der Waals surface area contributed by atoms with Gasteiger partial charge in [0.05, 0.1) is 11.4 Å². The first kappa shape index (κ1) is 11.1. The molecule has 1 heterocycles. The molecule has 1 aromatic heterocycles. The molecule has 0 atom stereocenters. The molecular weight excluding hydrogens is 222 g/mol. The van der Waals surface area contributed by atoms with Gasteiger partial charge < -0.3 is 0 Å². The van der Waals surface area contributed by atoms with Crippen LogP contribution in [-0.2, 0) is 6.42 Å². The first-order valence-corrected chi connectivity index (χ1v) is 6.34. The number of nitrogens with zero attached hydrogens (tertiary/aromatic N) is 1. The van der Waals surface area contributed by atoms with E-state index in [1.165, 1.54) is 5.56 Å². The minimum absolute atomic E-state index is 0.236. The van der Waals surface area contributed by atoms with Crippen molar-refractivity contribution in [2.75, 3.05) is 0 Å². The van der Waals surface area contributed by atoms with E-state index in [1.807, 2.05) is 18.2 Å². The lowest BCUT2D eigenvalue weighted by Gasteiger charge is -2.14. The van der Waals surface area contributed by atoms with Crippen LogP contribution in [0.2, 0.25) is 0 Å². The molecule has 0 unspecified atom stereocenters. The highest BCUT2D eigenvalue weighted by molar-refractivity contribution is 5.98. The van der Waals surface area contributed by atoms with E-state index >= 15 is 0 Å². The Hall–Kier alpha value is -1.96. The first-order chi connectivity index (χ1) is 8.74. The second kappa shape index (κ2) is 4.37. The lowest BCUT2D eigenvalue weighted by Crippen LogP contribution is -2.12. The molecular formula is C16H15NO. The second-order valence-corrected chi connectivity index (χ2v) is 4.84. The molecule has 0 saturated heterocycles. The summed E-state index contributed by atoms with van der Waals surface area (Å²) in [7, 11) is 0. The van der Waals surface area contributed by atoms with Gasteiger partial charge in [0.15, 0.2) is 5.78 Å². The average Bonchev–Trinajstić information content (AvgIpc) is 2.39. The molecule has 0 aliphatic heterocycles. The van der Waals surface area contributed by atoms with Gasteiger partial charge in [0.2, 0.25) is 0 Å². The number of Topliss-reactive ketones (excluding diaryl/α,β-unsaturated/α-hetero) is 1. The Morgan fingerprint density at radius 1 is 1.11 bits per heavy atom. The van der Waals surface area contributed by atoms with Crippen molar-refractivity contribution in [3.63, 3.8) is 0 Å². The third kappa shape index (κ3) is 1.94. The third-order valence-corrected chi connectivity index (χ3v) is 3.41. The summed E-state index contributed by atoms with van der Waals surface area (Å²) in [6, 6.07) is 12.2. The molecule has 90 valence electrons. The molecule has 1 aliphatic carbocycles. The minimum atomic E-state index is 0.236. The Balaban J connectivity index is 2.07. The number of carbonyl (C=O) groups is 1. The summed E-state index contributed by atoms with van der Waals surface area (Å²) in [6.07, 6.45) is 2.51. The summed E-state index contributed by atoms with van der Waals surface area (Å²) in [6.45, 7) is 2.07. The van der Waals surface area contributed by atoms with E-state index in [0.29, 0.717) is 6.42 Å². The van der Waals surface area contributed by atoms with Crippen molar-refractivity contribution in [3.05, 3.63) is 53.2 Å². The minimum Gasteiger partial charge on any atom is -0.294 e. The lowest BCUT2D eigenvalue weighted by atomic mass is 9.94. The number of aryl methyl sites for hydroxylation is 2. The summed E-state index contributed by atoms with van der Waals surface area (Å²) in [4.78, 5) is 16.4. The van der Waals surface area contributed by atoms with Gasteiger partial charge in [0, 0.05) is 17.5 Å². The van der Waals surface area contributed by atoms with Crippen molar-refractivity contribution in [3.8, 4) is 11.3 Å². The number of aromatic nitrogens is 1. The fourth-order valence-corrected chi connectivity index (χ4v) is 2.46. The molecule has 0 saturated carbocycles. The van der Waals surface area contributed by atoms with Crippen molar-refractivity contribution < 1.29 is 4.79 Å². The normalized spacial score (nSPS) is 14.4. The van der Waals surface area contributed by atoms with Gasteiger partial charge in [-0.1, -0.05) is 23.8 Å². The maximum absolute atomic E-state index is 11.7. The molecule has 0 radical (unpaired) electrons. The summed E-state index contributed by atoms with van der Waals surface area (Å²) < 4.78 is 0. The van der Waals surface area contributed by atoms with Crippen LogP contribution in [0.5, 0.6) is 0 Å². The third-order valence-electron chi connectivity index (χ3n) is 3.41. The molecule has 0 N–H and O–H groups in total. The van der Waals surface area contributed by atoms with E-state index in [2.05, 4.69) is 30.1 Å². The van der Waals surface area contributed by atoms with Crippen LogP contribution in [-0.4, -0.2) is 10.8 Å². The highest BCUT2D eigenvalue weighted by atomic mass is 16.1. The number of benzene rings is 1. The molecule has 2 heteroatoms. The highest BCUT2D eigenvalue weighted by Crippen LogP contribution is 2.24. The number of carbonyl (C=O) groups excluding carboxylic acids is 1. The van der Waals surface area contributed by atoms with Gasteiger partial charge in [-0.15, -0.1) is 0 Å². The standard InChI is InChI=1S/C16H15NO/c1-11-4-2-5-12(10-11)14-9-8-13-15(17-14)6-3-7-16(13)18/h2,4-5,8-10H,3,6-7H2,1H3. The quantitative estimate of drug-likeness (QED) is 0.758. The van der Waals surface area contributed by atoms with Crippen LogP contribution >= 0.6 is 0 Å². The molecule has 2 nitrogen and oxygen atoms in total. The van der Waals surface area contributed by atoms with E-state index in [9.17, 15) is 4.79 Å². The molecule has 1 aromatic carbocycles. The molecule has 2 aromatic rings. The predicted molar refractivity (Wildman–Crippen MR) is 71.7 cm³/mol. The Morgan fingerprint density at radius 2 is 2.00 bits per heavy atom. The van der Waals surface area contributed by atoms with Crippen LogP contribution in [0.25, 0.3) is 11.3 Å². The van der Waals surface area contributed by atoms with Gasteiger partial charge in [0.1, 0.15) is 0 Å². The van der Waals surface area contributed by atoms with Crippen LogP contribution in [0, 0.1) is 6.92 Å². The molecule has 0 bridgehead atoms. The Bertz CT molecular complexity index is 616. The van der Waals surface area contributed by atoms with E-state index < -0.39 is 0 Å². The van der Waals surface area contributed by atoms with Crippen LogP contribution in [0.1, 0.15) is 34.5 Å². The summed E-state index contributed by atoms with van der Waals surface area (Å²) in [5.41, 5.74) is 5.09. The summed E-state index contributed by atoms with van der Waals surface area (Å²) >= 11 is 0. The largest absolute Gasteiger partial charge is 0.294 e. The van der Waals surface area contributed by atoms with E-state index in [4.69, 9.17) is 0 Å². The zero-order valence-electron chi connectivity index (χ0n) is 10.4. The number of pyridine rings is 1. The Kier molecular flexibility index (Phi) is 2.71. The zero-order chi connectivity index (χ0) is 12.5. The van der Waals surface area contributed by atoms with Crippen LogP contribution < -0.4 is 0 Å². The summed E-state index contributed by atoms with van der Waals surface area (Å²) in [5.74, 6) is 0.236. The lowest BCUT2D eigenvalue weighted by molar-refractivity contribution is 0.0971. The van der Waals surface area contributed by atoms with Crippen molar-refractivity contribution in [2.45, 2.75) is 26.2 Å². The highest BCUT2D eigenvalue weighted by Gasteiger charge is 2.18. The molecule has 0 spiro atoms. The SMILES string of the molecule is Cc1cccc(-c2ccc3c(n2)CCCC3=O)c1. The van der Waals surface area contributed by atoms with Gasteiger partial charge in [0.25, 0.3) is 0 Å². The predicted octanol–water partition coefficient (Wildman–Crippen LogP) is 3.58. The molecule has 18 heavy (non-hydrogen) atoms. The van der Waals surface area contributed by atoms with Gasteiger partial charge in [-0.25, -0.2) is 0 Å². The number of rotatable bonds is 1. The molecule has 1 aliphatic rings. The molecule has 0 amide bonds. The van der Waals surface area contributed by atoms with E-state index in [0.717, 1.165) is 35.4 Å². The zero-order valence-corrected chi connectivity index (χ0v) is 10.4. The van der Waals surface area contributed by atoms with Crippen molar-refractivity contribution in [2.24, 2.45) is 0 Å². The smallest absolute Gasteiger partial charge is 0.164 e. The van der Waals surface area contributed by atoms with E-state index in [1.54, 1.807) is 0 Å². The monoisotopic (exact) mass is 237 g/mol. The first-order valence-electron chi connectivity index (χ1n) is 6.34. The van der Waals surface area contributed by atoms with Crippen molar-refractivity contribution in [1.82, 2.24) is 4.98 Å². The Morgan fingerprint density at radius 3 is 2.83 bits per heavy atom. The molecule has 0 fully saturated rings.